The van der Waals surface area contributed by atoms with E-state index in [4.69, 9.17) is 23.2 Å². The fourth-order valence-corrected chi connectivity index (χ4v) is 4.69. The number of benzene rings is 2. The molecular weight excluding hydrogens is 465 g/mol. The lowest BCUT2D eigenvalue weighted by molar-refractivity contribution is -0.114. The van der Waals surface area contributed by atoms with Gasteiger partial charge in [0.25, 0.3) is 0 Å². The van der Waals surface area contributed by atoms with Crippen LogP contribution in [0.15, 0.2) is 64.3 Å². The van der Waals surface area contributed by atoms with Crippen molar-refractivity contribution in [2.45, 2.75) is 26.7 Å². The van der Waals surface area contributed by atoms with Crippen LogP contribution in [-0.4, -0.2) is 17.4 Å². The highest BCUT2D eigenvalue weighted by Crippen LogP contribution is 2.41. The fourth-order valence-electron chi connectivity index (χ4n) is 3.49. The Balaban J connectivity index is 1.85. The van der Waals surface area contributed by atoms with Crippen LogP contribution >= 0.6 is 35.0 Å². The second-order valence-electron chi connectivity index (χ2n) is 7.36. The van der Waals surface area contributed by atoms with Gasteiger partial charge >= 0.3 is 0 Å². The summed E-state index contributed by atoms with van der Waals surface area (Å²) in [5.41, 5.74) is 3.88. The molecule has 1 amide bonds. The van der Waals surface area contributed by atoms with Crippen LogP contribution in [-0.2, 0) is 9.59 Å². The molecule has 1 aliphatic heterocycles. The zero-order chi connectivity index (χ0) is 23.4. The van der Waals surface area contributed by atoms with Gasteiger partial charge in [0, 0.05) is 27.0 Å². The Bertz CT molecular complexity index is 1180. The lowest BCUT2D eigenvalue weighted by atomic mass is 9.81. The number of nitriles is 1. The average molecular weight is 486 g/mol. The van der Waals surface area contributed by atoms with Gasteiger partial charge in [-0.05, 0) is 56.2 Å². The van der Waals surface area contributed by atoms with E-state index in [1.54, 1.807) is 31.2 Å². The molecule has 0 aromatic heterocycles. The second kappa shape index (κ2) is 10.3. The van der Waals surface area contributed by atoms with Gasteiger partial charge in [-0.3, -0.25) is 9.59 Å². The zero-order valence-corrected chi connectivity index (χ0v) is 20.1. The van der Waals surface area contributed by atoms with Gasteiger partial charge in [0.1, 0.15) is 0 Å². The van der Waals surface area contributed by atoms with Gasteiger partial charge in [-0.15, -0.1) is 0 Å². The van der Waals surface area contributed by atoms with Crippen LogP contribution in [0, 0.1) is 18.3 Å². The molecule has 2 N–H and O–H groups in total. The molecule has 0 aliphatic carbocycles. The normalized spacial score (nSPS) is 15.8. The minimum atomic E-state index is -0.530. The molecule has 0 saturated carbocycles. The number of halogens is 2. The van der Waals surface area contributed by atoms with Crippen LogP contribution in [0.25, 0.3) is 0 Å². The number of dihydropyridines is 1. The smallest absolute Gasteiger partial charge is 0.234 e. The van der Waals surface area contributed by atoms with E-state index >= 15 is 0 Å². The van der Waals surface area contributed by atoms with Crippen molar-refractivity contribution in [2.75, 3.05) is 11.1 Å². The first-order valence-electron chi connectivity index (χ1n) is 9.78. The van der Waals surface area contributed by atoms with E-state index in [1.165, 1.54) is 18.7 Å². The third-order valence-corrected chi connectivity index (χ3v) is 6.71. The first-order valence-corrected chi connectivity index (χ1v) is 11.5. The Morgan fingerprint density at radius 3 is 2.44 bits per heavy atom. The predicted octanol–water partition coefficient (Wildman–Crippen LogP) is 5.96. The summed E-state index contributed by atoms with van der Waals surface area (Å²) < 4.78 is 0. The van der Waals surface area contributed by atoms with Gasteiger partial charge in [0.05, 0.1) is 28.3 Å². The number of carbonyl (C=O) groups excluding carboxylic acids is 2. The maximum atomic E-state index is 12.5. The Labute approximate surface area is 201 Å². The number of nitrogens with zero attached hydrogens (tertiary/aromatic N) is 1. The summed E-state index contributed by atoms with van der Waals surface area (Å²) in [7, 11) is 0. The summed E-state index contributed by atoms with van der Waals surface area (Å²) in [5, 5.41) is 17.6. The van der Waals surface area contributed by atoms with E-state index < -0.39 is 5.92 Å². The number of rotatable bonds is 6. The van der Waals surface area contributed by atoms with Gasteiger partial charge in [-0.25, -0.2) is 0 Å². The molecule has 8 heteroatoms. The number of hydrogen-bond donors (Lipinski definition) is 2. The SMILES string of the molecule is CC(=O)C1=C(C)NC(SCC(=O)Nc2ccc(C)c(Cl)c2)=C(C#N)C1c1ccc(Cl)cc1. The number of allylic oxidation sites excluding steroid dienone is 3. The molecule has 1 unspecified atom stereocenters. The molecule has 0 saturated heterocycles. The molecule has 0 bridgehead atoms. The number of Topliss-reactive ketones (excluding diaryl/α,β-unsaturated/α-hetero) is 1. The Morgan fingerprint density at radius 2 is 1.84 bits per heavy atom. The fraction of sp³-hybridized carbons (Fsp3) is 0.208. The van der Waals surface area contributed by atoms with Crippen LogP contribution in [0.2, 0.25) is 10.0 Å². The molecular formula is C24H21Cl2N3O2S. The Kier molecular flexibility index (Phi) is 7.68. The molecule has 2 aromatic carbocycles. The van der Waals surface area contributed by atoms with Gasteiger partial charge in [0.2, 0.25) is 5.91 Å². The third-order valence-electron chi connectivity index (χ3n) is 5.03. The third kappa shape index (κ3) is 5.36. The van der Waals surface area contributed by atoms with Crippen molar-refractivity contribution in [3.8, 4) is 6.07 Å². The molecule has 0 fully saturated rings. The van der Waals surface area contributed by atoms with Gasteiger partial charge < -0.3 is 10.6 Å². The topological polar surface area (TPSA) is 82.0 Å². The van der Waals surface area contributed by atoms with Crippen molar-refractivity contribution in [3.63, 3.8) is 0 Å². The first kappa shape index (κ1) is 23.9. The monoisotopic (exact) mass is 485 g/mol. The highest BCUT2D eigenvalue weighted by molar-refractivity contribution is 8.03. The molecule has 32 heavy (non-hydrogen) atoms. The number of aryl methyl sites for hydroxylation is 1. The van der Waals surface area contributed by atoms with E-state index in [0.717, 1.165) is 11.1 Å². The first-order chi connectivity index (χ1) is 15.2. The number of carbonyl (C=O) groups is 2. The summed E-state index contributed by atoms with van der Waals surface area (Å²) >= 11 is 13.4. The summed E-state index contributed by atoms with van der Waals surface area (Å²) in [4.78, 5) is 24.9. The van der Waals surface area contributed by atoms with Gasteiger partial charge in [0.15, 0.2) is 5.78 Å². The number of anilines is 1. The maximum Gasteiger partial charge on any atom is 0.234 e. The zero-order valence-electron chi connectivity index (χ0n) is 17.8. The number of hydrogen-bond acceptors (Lipinski definition) is 5. The molecule has 164 valence electrons. The number of ketones is 1. The molecule has 1 heterocycles. The lowest BCUT2D eigenvalue weighted by Crippen LogP contribution is -2.27. The molecule has 3 rings (SSSR count). The van der Waals surface area contributed by atoms with Gasteiger partial charge in [-0.1, -0.05) is 53.2 Å². The predicted molar refractivity (Wildman–Crippen MR) is 131 cm³/mol. The quantitative estimate of drug-likeness (QED) is 0.527. The van der Waals surface area contributed by atoms with Crippen molar-refractivity contribution in [2.24, 2.45) is 0 Å². The minimum Gasteiger partial charge on any atom is -0.353 e. The number of nitrogens with one attached hydrogen (secondary N) is 2. The second-order valence-corrected chi connectivity index (χ2v) is 9.19. The Hall–Kier alpha value is -2.72. The van der Waals surface area contributed by atoms with Crippen LogP contribution in [0.3, 0.4) is 0 Å². The summed E-state index contributed by atoms with van der Waals surface area (Å²) in [6, 6.07) is 14.6. The highest BCUT2D eigenvalue weighted by atomic mass is 35.5. The summed E-state index contributed by atoms with van der Waals surface area (Å²) in [6.45, 7) is 5.16. The van der Waals surface area contributed by atoms with Crippen LogP contribution in [0.5, 0.6) is 0 Å². The van der Waals surface area contributed by atoms with Crippen molar-refractivity contribution in [1.82, 2.24) is 5.32 Å². The molecule has 5 nitrogen and oxygen atoms in total. The van der Waals surface area contributed by atoms with Crippen LogP contribution < -0.4 is 10.6 Å². The van der Waals surface area contributed by atoms with E-state index in [1.807, 2.05) is 25.1 Å². The molecule has 0 spiro atoms. The summed E-state index contributed by atoms with van der Waals surface area (Å²) in [6.07, 6.45) is 0. The number of amides is 1. The molecule has 2 aromatic rings. The van der Waals surface area contributed by atoms with Crippen molar-refractivity contribution >= 4 is 52.3 Å². The molecule has 0 radical (unpaired) electrons. The highest BCUT2D eigenvalue weighted by Gasteiger charge is 2.33. The summed E-state index contributed by atoms with van der Waals surface area (Å²) in [5.74, 6) is -0.809. The number of thioether (sulfide) groups is 1. The van der Waals surface area contributed by atoms with E-state index in [0.29, 0.717) is 37.6 Å². The van der Waals surface area contributed by atoms with Crippen molar-refractivity contribution in [1.29, 1.82) is 5.26 Å². The average Bonchev–Trinajstić information content (AvgIpc) is 2.74. The largest absolute Gasteiger partial charge is 0.353 e. The lowest BCUT2D eigenvalue weighted by Gasteiger charge is -2.29. The van der Waals surface area contributed by atoms with E-state index in [9.17, 15) is 14.9 Å². The van der Waals surface area contributed by atoms with Gasteiger partial charge in [-0.2, -0.15) is 5.26 Å². The van der Waals surface area contributed by atoms with E-state index in [-0.39, 0.29) is 17.4 Å². The van der Waals surface area contributed by atoms with Crippen molar-refractivity contribution in [3.05, 3.63) is 85.5 Å². The maximum absolute atomic E-state index is 12.5. The van der Waals surface area contributed by atoms with E-state index in [2.05, 4.69) is 16.7 Å². The standard InChI is InChI=1S/C24H21Cl2N3O2S/c1-13-4-9-18(10-20(13)26)29-21(31)12-32-24-19(11-27)23(16-5-7-17(25)8-6-16)22(15(3)30)14(2)28-24/h4-10,23,28H,12H2,1-3H3,(H,29,31). The molecule has 1 aliphatic rings. The molecule has 1 atom stereocenters. The van der Waals surface area contributed by atoms with Crippen molar-refractivity contribution < 1.29 is 9.59 Å². The minimum absolute atomic E-state index is 0.0784. The van der Waals surface area contributed by atoms with Crippen LogP contribution in [0.1, 0.15) is 30.9 Å². The Morgan fingerprint density at radius 1 is 1.16 bits per heavy atom. The van der Waals surface area contributed by atoms with Crippen LogP contribution in [0.4, 0.5) is 5.69 Å².